The van der Waals surface area contributed by atoms with E-state index in [0.29, 0.717) is 17.9 Å². The van der Waals surface area contributed by atoms with Gasteiger partial charge in [0.15, 0.2) is 5.11 Å². The van der Waals surface area contributed by atoms with Gasteiger partial charge < -0.3 is 14.8 Å². The molecule has 0 radical (unpaired) electrons. The Balaban J connectivity index is 1.31. The Morgan fingerprint density at radius 2 is 2.00 bits per heavy atom. The third kappa shape index (κ3) is 2.40. The smallest absolute Gasteiger partial charge is 0.250 e. The summed E-state index contributed by atoms with van der Waals surface area (Å²) in [6, 6.07) is 6.31. The fourth-order valence-corrected chi connectivity index (χ4v) is 6.03. The number of aromatic nitrogens is 1. The number of nitrogens with zero attached hydrogens (tertiary/aromatic N) is 2. The van der Waals surface area contributed by atoms with Gasteiger partial charge in [-0.15, -0.1) is 0 Å². The Hall–Kier alpha value is -1.36. The average molecular weight is 343 g/mol. The SMILES string of the molecule is O=c1cccc2n1C[C@H]1C[C@H]2CN(C(=S)N[C@@H]2C[C@@H]3CC[C@@H]2C3)C1. The quantitative estimate of drug-likeness (QED) is 0.794. The molecule has 4 bridgehead atoms. The molecule has 0 unspecified atom stereocenters. The van der Waals surface area contributed by atoms with Crippen LogP contribution in [0.1, 0.15) is 43.7 Å². The van der Waals surface area contributed by atoms with Crippen LogP contribution in [-0.4, -0.2) is 33.7 Å². The number of likely N-dealkylation sites (tertiary alicyclic amines) is 1. The van der Waals surface area contributed by atoms with Crippen LogP contribution in [0.4, 0.5) is 0 Å². The number of piperidine rings is 1. The molecule has 4 nitrogen and oxygen atoms in total. The van der Waals surface area contributed by atoms with E-state index in [9.17, 15) is 4.79 Å². The van der Waals surface area contributed by atoms with Crippen LogP contribution in [0.2, 0.25) is 0 Å². The number of hydrogen-bond acceptors (Lipinski definition) is 2. The Bertz CT molecular complexity index is 730. The van der Waals surface area contributed by atoms with Gasteiger partial charge in [0.25, 0.3) is 5.56 Å². The summed E-state index contributed by atoms with van der Waals surface area (Å²) in [7, 11) is 0. The van der Waals surface area contributed by atoms with Crippen molar-refractivity contribution in [2.24, 2.45) is 17.8 Å². The molecule has 2 aliphatic heterocycles. The fraction of sp³-hybridized carbons (Fsp3) is 0.684. The summed E-state index contributed by atoms with van der Waals surface area (Å²) in [4.78, 5) is 14.5. The van der Waals surface area contributed by atoms with Gasteiger partial charge in [0.05, 0.1) is 0 Å². The fourth-order valence-electron chi connectivity index (χ4n) is 5.73. The van der Waals surface area contributed by atoms with Gasteiger partial charge >= 0.3 is 0 Å². The highest BCUT2D eigenvalue weighted by Crippen LogP contribution is 2.44. The van der Waals surface area contributed by atoms with Crippen LogP contribution in [0.5, 0.6) is 0 Å². The van der Waals surface area contributed by atoms with Crippen LogP contribution in [0.25, 0.3) is 0 Å². The zero-order chi connectivity index (χ0) is 16.3. The van der Waals surface area contributed by atoms with Crippen LogP contribution in [-0.2, 0) is 6.54 Å². The minimum atomic E-state index is 0.151. The summed E-state index contributed by atoms with van der Waals surface area (Å²) in [6.07, 6.45) is 6.71. The van der Waals surface area contributed by atoms with Crippen molar-refractivity contribution in [3.8, 4) is 0 Å². The monoisotopic (exact) mass is 343 g/mol. The first kappa shape index (κ1) is 14.9. The van der Waals surface area contributed by atoms with Crippen molar-refractivity contribution in [3.05, 3.63) is 34.2 Å². The lowest BCUT2D eigenvalue weighted by atomic mass is 9.83. The average Bonchev–Trinajstić information content (AvgIpc) is 3.18. The number of nitrogens with one attached hydrogen (secondary N) is 1. The molecule has 5 atom stereocenters. The first-order chi connectivity index (χ1) is 11.7. The maximum atomic E-state index is 12.1. The van der Waals surface area contributed by atoms with Crippen molar-refractivity contribution in [3.63, 3.8) is 0 Å². The molecular weight excluding hydrogens is 318 g/mol. The molecular formula is C19H25N3OS. The number of hydrogen-bond donors (Lipinski definition) is 1. The van der Waals surface area contributed by atoms with Crippen molar-refractivity contribution < 1.29 is 0 Å². The van der Waals surface area contributed by atoms with Crippen LogP contribution in [0.3, 0.4) is 0 Å². The van der Waals surface area contributed by atoms with Crippen molar-refractivity contribution in [2.75, 3.05) is 13.1 Å². The van der Waals surface area contributed by atoms with Crippen LogP contribution in [0, 0.1) is 17.8 Å². The normalized spacial score (nSPS) is 36.5. The first-order valence-corrected chi connectivity index (χ1v) is 9.83. The van der Waals surface area contributed by atoms with E-state index in [1.165, 1.54) is 37.8 Å². The molecule has 2 aliphatic carbocycles. The van der Waals surface area contributed by atoms with Gasteiger partial charge in [-0.25, -0.2) is 0 Å². The van der Waals surface area contributed by atoms with Crippen LogP contribution in [0.15, 0.2) is 23.0 Å². The zero-order valence-electron chi connectivity index (χ0n) is 14.0. The van der Waals surface area contributed by atoms with Crippen molar-refractivity contribution >= 4 is 17.3 Å². The van der Waals surface area contributed by atoms with Gasteiger partial charge in [-0.2, -0.15) is 0 Å². The maximum Gasteiger partial charge on any atom is 0.250 e. The highest BCUT2D eigenvalue weighted by molar-refractivity contribution is 7.80. The minimum absolute atomic E-state index is 0.151. The van der Waals surface area contributed by atoms with E-state index in [1.807, 2.05) is 10.6 Å². The van der Waals surface area contributed by atoms with Gasteiger partial charge in [-0.3, -0.25) is 4.79 Å². The van der Waals surface area contributed by atoms with E-state index in [1.54, 1.807) is 6.07 Å². The van der Waals surface area contributed by atoms with Crippen molar-refractivity contribution in [1.82, 2.24) is 14.8 Å². The summed E-state index contributed by atoms with van der Waals surface area (Å²) in [6.45, 7) is 2.79. The molecule has 1 aromatic heterocycles. The lowest BCUT2D eigenvalue weighted by Gasteiger charge is -2.44. The number of rotatable bonds is 1. The first-order valence-electron chi connectivity index (χ1n) is 9.42. The van der Waals surface area contributed by atoms with Gasteiger partial charge in [-0.05, 0) is 61.7 Å². The minimum Gasteiger partial charge on any atom is -0.360 e. The van der Waals surface area contributed by atoms with E-state index in [-0.39, 0.29) is 5.56 Å². The second-order valence-electron chi connectivity index (χ2n) is 8.33. The summed E-state index contributed by atoms with van der Waals surface area (Å²) in [5.74, 6) is 2.76. The highest BCUT2D eigenvalue weighted by Gasteiger charge is 2.41. The van der Waals surface area contributed by atoms with E-state index in [0.717, 1.165) is 36.6 Å². The van der Waals surface area contributed by atoms with Crippen LogP contribution < -0.4 is 10.9 Å². The van der Waals surface area contributed by atoms with Crippen LogP contribution >= 0.6 is 12.2 Å². The summed E-state index contributed by atoms with van der Waals surface area (Å²) in [5, 5.41) is 4.65. The molecule has 3 heterocycles. The number of fused-ring (bicyclic) bond motifs is 6. The Kier molecular flexibility index (Phi) is 3.47. The molecule has 0 aromatic carbocycles. The second-order valence-corrected chi connectivity index (χ2v) is 8.72. The molecule has 4 aliphatic rings. The standard InChI is InChI=1S/C19H25N3OS/c23-18-3-1-2-17-15-7-13(10-22(17)18)9-21(11-15)19(24)20-16-8-12-4-5-14(16)6-12/h1-3,12-16H,4-11H2,(H,20,24)/t12-,13+,14-,15+,16-/m1/s1. The molecule has 24 heavy (non-hydrogen) atoms. The number of pyridine rings is 1. The summed E-state index contributed by atoms with van der Waals surface area (Å²) < 4.78 is 1.99. The van der Waals surface area contributed by atoms with E-state index in [4.69, 9.17) is 12.2 Å². The predicted molar refractivity (Wildman–Crippen MR) is 98.1 cm³/mol. The molecule has 1 saturated heterocycles. The third-order valence-corrected chi connectivity index (χ3v) is 7.19. The molecule has 0 spiro atoms. The topological polar surface area (TPSA) is 37.3 Å². The molecule has 2 saturated carbocycles. The molecule has 5 rings (SSSR count). The Labute approximate surface area is 148 Å². The van der Waals surface area contributed by atoms with E-state index >= 15 is 0 Å². The second kappa shape index (κ2) is 5.58. The Morgan fingerprint density at radius 1 is 1.08 bits per heavy atom. The van der Waals surface area contributed by atoms with Gasteiger partial charge in [-0.1, -0.05) is 12.5 Å². The third-order valence-electron chi connectivity index (χ3n) is 6.81. The molecule has 1 N–H and O–H groups in total. The van der Waals surface area contributed by atoms with Gasteiger partial charge in [0.1, 0.15) is 0 Å². The molecule has 5 heteroatoms. The highest BCUT2D eigenvalue weighted by atomic mass is 32.1. The summed E-state index contributed by atoms with van der Waals surface area (Å²) >= 11 is 5.77. The van der Waals surface area contributed by atoms with E-state index < -0.39 is 0 Å². The molecule has 3 fully saturated rings. The lowest BCUT2D eigenvalue weighted by molar-refractivity contribution is 0.175. The zero-order valence-corrected chi connectivity index (χ0v) is 14.8. The Morgan fingerprint density at radius 3 is 2.79 bits per heavy atom. The maximum absolute atomic E-state index is 12.1. The summed E-state index contributed by atoms with van der Waals surface area (Å²) in [5.41, 5.74) is 1.35. The van der Waals surface area contributed by atoms with Gasteiger partial charge in [0.2, 0.25) is 0 Å². The van der Waals surface area contributed by atoms with Crippen molar-refractivity contribution in [2.45, 2.75) is 50.6 Å². The van der Waals surface area contributed by atoms with Gasteiger partial charge in [0, 0.05) is 43.4 Å². The lowest BCUT2D eigenvalue weighted by Crippen LogP contribution is -2.54. The molecule has 128 valence electrons. The molecule has 1 aromatic rings. The molecule has 0 amide bonds. The van der Waals surface area contributed by atoms with Crippen molar-refractivity contribution in [1.29, 1.82) is 0 Å². The number of thiocarbonyl (C=S) groups is 1. The van der Waals surface area contributed by atoms with E-state index in [2.05, 4.69) is 16.3 Å². The predicted octanol–water partition coefficient (Wildman–Crippen LogP) is 2.33. The largest absolute Gasteiger partial charge is 0.360 e.